The van der Waals surface area contributed by atoms with Crippen LogP contribution in [-0.2, 0) is 26.7 Å². The highest BCUT2D eigenvalue weighted by molar-refractivity contribution is 4.67. The molecule has 2 heterocycles. The van der Waals surface area contributed by atoms with Crippen molar-refractivity contribution in [3.05, 3.63) is 37.4 Å². The Morgan fingerprint density at radius 3 is 1.40 bits per heavy atom. The predicted molar refractivity (Wildman–Crippen MR) is 148 cm³/mol. The monoisotopic (exact) mass is 486 g/mol. The zero-order valence-electron chi connectivity index (χ0n) is 23.5. The molecule has 0 saturated heterocycles. The summed E-state index contributed by atoms with van der Waals surface area (Å²) in [4.78, 5) is 0. The molecule has 0 aromatic carbocycles. The minimum atomic E-state index is 1.14. The van der Waals surface area contributed by atoms with Crippen molar-refractivity contribution in [3.63, 3.8) is 0 Å². The van der Waals surface area contributed by atoms with E-state index in [1.54, 1.807) is 0 Å². The summed E-state index contributed by atoms with van der Waals surface area (Å²) in [6, 6.07) is 0. The van der Waals surface area contributed by atoms with Crippen LogP contribution in [0.2, 0.25) is 0 Å². The Balaban J connectivity index is 1.31. The fourth-order valence-electron chi connectivity index (χ4n) is 5.12. The molecule has 4 nitrogen and oxygen atoms in total. The van der Waals surface area contributed by atoms with E-state index < -0.39 is 0 Å². The number of aromatic nitrogens is 4. The maximum atomic E-state index is 2.38. The molecule has 0 fully saturated rings. The second-order valence-electron chi connectivity index (χ2n) is 10.9. The van der Waals surface area contributed by atoms with Gasteiger partial charge in [0.15, 0.2) is 0 Å². The molecule has 0 N–H and O–H groups in total. The van der Waals surface area contributed by atoms with Gasteiger partial charge in [0.2, 0.25) is 12.7 Å². The lowest BCUT2D eigenvalue weighted by molar-refractivity contribution is -0.696. The molecule has 0 aliphatic heterocycles. The first-order chi connectivity index (χ1) is 17.3. The number of hydrogen-bond donors (Lipinski definition) is 0. The number of unbranched alkanes of at least 4 members (excludes halogenated alkanes) is 18. The first kappa shape index (κ1) is 29.6. The molecule has 0 amide bonds. The van der Waals surface area contributed by atoms with Crippen molar-refractivity contribution in [1.82, 2.24) is 9.13 Å². The summed E-state index contributed by atoms with van der Waals surface area (Å²) in [5.74, 6) is 0. The molecule has 0 spiro atoms. The normalized spacial score (nSPS) is 11.5. The Kier molecular flexibility index (Phi) is 17.4. The Bertz CT molecular complexity index is 717. The maximum absolute atomic E-state index is 2.38. The number of nitrogens with zero attached hydrogens (tertiary/aromatic N) is 4. The van der Waals surface area contributed by atoms with Crippen molar-refractivity contribution in [2.45, 2.75) is 155 Å². The molecule has 2 rings (SSSR count). The van der Waals surface area contributed by atoms with Crippen molar-refractivity contribution in [2.24, 2.45) is 7.05 Å². The summed E-state index contributed by atoms with van der Waals surface area (Å²) in [5.41, 5.74) is 0. The van der Waals surface area contributed by atoms with Gasteiger partial charge in [-0.15, -0.1) is 0 Å². The van der Waals surface area contributed by atoms with Crippen LogP contribution in [0.1, 0.15) is 135 Å². The van der Waals surface area contributed by atoms with Gasteiger partial charge in [0.25, 0.3) is 0 Å². The van der Waals surface area contributed by atoms with Crippen LogP contribution in [0.5, 0.6) is 0 Å². The van der Waals surface area contributed by atoms with Gasteiger partial charge >= 0.3 is 0 Å². The van der Waals surface area contributed by atoms with Gasteiger partial charge in [0, 0.05) is 0 Å². The number of aryl methyl sites for hydroxylation is 4. The molecule has 0 bridgehead atoms. The number of hydrogen-bond acceptors (Lipinski definition) is 0. The molecule has 200 valence electrons. The quantitative estimate of drug-likeness (QED) is 0.106. The lowest BCUT2D eigenvalue weighted by Crippen LogP contribution is -2.30. The van der Waals surface area contributed by atoms with E-state index in [1.807, 2.05) is 0 Å². The zero-order chi connectivity index (χ0) is 24.8. The van der Waals surface area contributed by atoms with Gasteiger partial charge in [-0.2, -0.15) is 0 Å². The van der Waals surface area contributed by atoms with Crippen LogP contribution < -0.4 is 9.13 Å². The summed E-state index contributed by atoms with van der Waals surface area (Å²) in [7, 11) is 2.08. The molecule has 0 saturated carbocycles. The molecular formula is C31H58N4+2. The molecule has 2 aromatic rings. The van der Waals surface area contributed by atoms with Crippen molar-refractivity contribution in [1.29, 1.82) is 0 Å². The second kappa shape index (κ2) is 20.6. The van der Waals surface area contributed by atoms with E-state index in [0.29, 0.717) is 0 Å². The highest BCUT2D eigenvalue weighted by Crippen LogP contribution is 2.13. The third kappa shape index (κ3) is 15.9. The van der Waals surface area contributed by atoms with Crippen LogP contribution in [0.3, 0.4) is 0 Å². The van der Waals surface area contributed by atoms with Gasteiger partial charge in [-0.25, -0.2) is 18.3 Å². The first-order valence-electron chi connectivity index (χ1n) is 15.3. The van der Waals surface area contributed by atoms with Crippen LogP contribution >= 0.6 is 0 Å². The highest BCUT2D eigenvalue weighted by atomic mass is 15.1. The first-order valence-corrected chi connectivity index (χ1v) is 15.3. The lowest BCUT2D eigenvalue weighted by Gasteiger charge is -2.03. The van der Waals surface area contributed by atoms with Crippen molar-refractivity contribution in [2.75, 3.05) is 0 Å². The molecule has 0 unspecified atom stereocenters. The maximum Gasteiger partial charge on any atom is 0.243 e. The molecular weight excluding hydrogens is 428 g/mol. The molecule has 4 heteroatoms. The fraction of sp³-hybridized carbons (Fsp3) is 0.806. The molecule has 0 aliphatic rings. The summed E-state index contributed by atoms with van der Waals surface area (Å²) < 4.78 is 9.16. The van der Waals surface area contributed by atoms with Crippen LogP contribution in [0.25, 0.3) is 0 Å². The Morgan fingerprint density at radius 1 is 0.486 bits per heavy atom. The predicted octanol–water partition coefficient (Wildman–Crippen LogP) is 7.92. The van der Waals surface area contributed by atoms with Gasteiger partial charge in [-0.3, -0.25) is 0 Å². The van der Waals surface area contributed by atoms with Crippen molar-refractivity contribution < 1.29 is 9.13 Å². The minimum absolute atomic E-state index is 1.14. The van der Waals surface area contributed by atoms with E-state index in [4.69, 9.17) is 0 Å². The number of rotatable bonds is 24. The Morgan fingerprint density at radius 2 is 0.914 bits per heavy atom. The van der Waals surface area contributed by atoms with E-state index in [1.165, 1.54) is 135 Å². The summed E-state index contributed by atoms with van der Waals surface area (Å²) in [6.07, 6.45) is 41.5. The van der Waals surface area contributed by atoms with E-state index in [-0.39, 0.29) is 0 Å². The largest absolute Gasteiger partial charge is 0.243 e. The molecule has 0 aliphatic carbocycles. The summed E-state index contributed by atoms with van der Waals surface area (Å²) >= 11 is 0. The van der Waals surface area contributed by atoms with E-state index in [9.17, 15) is 0 Å². The molecule has 35 heavy (non-hydrogen) atoms. The molecule has 0 atom stereocenters. The fourth-order valence-corrected chi connectivity index (χ4v) is 5.12. The van der Waals surface area contributed by atoms with Crippen LogP contribution in [0, 0.1) is 0 Å². The summed E-state index contributed by atoms with van der Waals surface area (Å²) in [5, 5.41) is 0. The standard InChI is InChI=1S/C31H58N4/c1-3-4-5-6-7-8-9-10-11-12-13-14-15-16-17-20-24-34-28-29-35(31-34)25-22-19-18-21-23-33-27-26-32(2)30-33/h26-31H,3-25H2,1-2H3/q+2. The van der Waals surface area contributed by atoms with Gasteiger partial charge in [-0.05, 0) is 38.5 Å². The molecule has 2 aromatic heterocycles. The Hall–Kier alpha value is -1.58. The highest BCUT2D eigenvalue weighted by Gasteiger charge is 2.04. The lowest BCUT2D eigenvalue weighted by atomic mass is 10.0. The second-order valence-corrected chi connectivity index (χ2v) is 10.9. The zero-order valence-corrected chi connectivity index (χ0v) is 23.5. The Labute approximate surface area is 217 Å². The van der Waals surface area contributed by atoms with E-state index in [0.717, 1.165) is 13.1 Å². The topological polar surface area (TPSA) is 17.6 Å². The average molecular weight is 487 g/mol. The average Bonchev–Trinajstić information content (AvgIpc) is 3.49. The van der Waals surface area contributed by atoms with E-state index >= 15 is 0 Å². The van der Waals surface area contributed by atoms with Gasteiger partial charge in [-0.1, -0.05) is 96.8 Å². The smallest absolute Gasteiger partial charge is 0.240 e. The van der Waals surface area contributed by atoms with E-state index in [2.05, 4.69) is 69.7 Å². The van der Waals surface area contributed by atoms with Gasteiger partial charge < -0.3 is 0 Å². The third-order valence-electron chi connectivity index (χ3n) is 7.42. The van der Waals surface area contributed by atoms with Crippen molar-refractivity contribution in [3.8, 4) is 0 Å². The molecule has 0 radical (unpaired) electrons. The minimum Gasteiger partial charge on any atom is -0.240 e. The third-order valence-corrected chi connectivity index (χ3v) is 7.42. The van der Waals surface area contributed by atoms with Crippen molar-refractivity contribution >= 4 is 0 Å². The van der Waals surface area contributed by atoms with Crippen LogP contribution in [-0.4, -0.2) is 9.13 Å². The van der Waals surface area contributed by atoms with Crippen LogP contribution in [0.15, 0.2) is 37.4 Å². The van der Waals surface area contributed by atoms with Crippen LogP contribution in [0.4, 0.5) is 0 Å². The number of imidazole rings is 2. The van der Waals surface area contributed by atoms with Gasteiger partial charge in [0.05, 0.1) is 26.7 Å². The van der Waals surface area contributed by atoms with Gasteiger partial charge in [0.1, 0.15) is 24.8 Å². The SMILES string of the molecule is CCCCCCCCCCCCCCCCCC[n+]1ccn(CCCCCCn2cc[n+](C)c2)c1. The summed E-state index contributed by atoms with van der Waals surface area (Å²) in [6.45, 7) is 5.78.